The molecule has 1 atom stereocenters. The van der Waals surface area contributed by atoms with Crippen molar-refractivity contribution in [2.24, 2.45) is 5.92 Å². The van der Waals surface area contributed by atoms with E-state index in [2.05, 4.69) is 5.32 Å². The SMILES string of the molecule is O=C(NC[C@@H](Cc1ccc(F)cc1)C(=O)O)OCc1ccccc1. The third kappa shape index (κ3) is 5.72. The monoisotopic (exact) mass is 331 g/mol. The largest absolute Gasteiger partial charge is 0.481 e. The van der Waals surface area contributed by atoms with Gasteiger partial charge in [0.15, 0.2) is 0 Å². The summed E-state index contributed by atoms with van der Waals surface area (Å²) in [6, 6.07) is 14.8. The lowest BCUT2D eigenvalue weighted by molar-refractivity contribution is -0.141. The Labute approximate surface area is 139 Å². The number of hydrogen-bond acceptors (Lipinski definition) is 3. The molecule has 6 heteroatoms. The summed E-state index contributed by atoms with van der Waals surface area (Å²) in [6.45, 7) is 0.0444. The summed E-state index contributed by atoms with van der Waals surface area (Å²) in [4.78, 5) is 23.0. The van der Waals surface area contributed by atoms with E-state index in [0.29, 0.717) is 5.56 Å². The molecule has 0 radical (unpaired) electrons. The van der Waals surface area contributed by atoms with Crippen LogP contribution in [0.15, 0.2) is 54.6 Å². The molecule has 0 saturated heterocycles. The average Bonchev–Trinajstić information content (AvgIpc) is 2.59. The Morgan fingerprint density at radius 1 is 1.04 bits per heavy atom. The second-order valence-electron chi connectivity index (χ2n) is 5.31. The maximum atomic E-state index is 12.9. The number of amides is 1. The maximum absolute atomic E-state index is 12.9. The van der Waals surface area contributed by atoms with Gasteiger partial charge in [-0.1, -0.05) is 42.5 Å². The highest BCUT2D eigenvalue weighted by atomic mass is 19.1. The molecule has 0 aliphatic carbocycles. The van der Waals surface area contributed by atoms with Crippen LogP contribution in [-0.2, 0) is 22.6 Å². The molecule has 2 aromatic rings. The van der Waals surface area contributed by atoms with E-state index in [1.54, 1.807) is 0 Å². The number of carboxylic acids is 1. The summed E-state index contributed by atoms with van der Waals surface area (Å²) in [7, 11) is 0. The van der Waals surface area contributed by atoms with Crippen molar-refractivity contribution < 1.29 is 23.8 Å². The summed E-state index contributed by atoms with van der Waals surface area (Å²) in [5.74, 6) is -2.24. The number of aliphatic carboxylic acids is 1. The summed E-state index contributed by atoms with van der Waals surface area (Å²) in [5.41, 5.74) is 1.52. The van der Waals surface area contributed by atoms with Crippen LogP contribution in [-0.4, -0.2) is 23.7 Å². The van der Waals surface area contributed by atoms with Crippen LogP contribution in [0.3, 0.4) is 0 Å². The van der Waals surface area contributed by atoms with Gasteiger partial charge >= 0.3 is 12.1 Å². The minimum absolute atomic E-state index is 0.0691. The fourth-order valence-electron chi connectivity index (χ4n) is 2.13. The number of ether oxygens (including phenoxy) is 1. The third-order valence-electron chi connectivity index (χ3n) is 3.45. The molecule has 5 nitrogen and oxygen atoms in total. The molecular weight excluding hydrogens is 313 g/mol. The maximum Gasteiger partial charge on any atom is 0.407 e. The van der Waals surface area contributed by atoms with Gasteiger partial charge < -0.3 is 15.2 Å². The molecule has 1 amide bonds. The van der Waals surface area contributed by atoms with E-state index < -0.39 is 18.0 Å². The fourth-order valence-corrected chi connectivity index (χ4v) is 2.13. The molecule has 0 fully saturated rings. The van der Waals surface area contributed by atoms with Gasteiger partial charge in [-0.2, -0.15) is 0 Å². The number of rotatable bonds is 7. The summed E-state index contributed by atoms with van der Waals surface area (Å²) in [5, 5.41) is 11.7. The first-order chi connectivity index (χ1) is 11.5. The zero-order valence-corrected chi connectivity index (χ0v) is 12.9. The first-order valence-electron chi connectivity index (χ1n) is 7.46. The highest BCUT2D eigenvalue weighted by Crippen LogP contribution is 2.10. The number of carbonyl (C=O) groups is 2. The number of alkyl carbamates (subject to hydrolysis) is 1. The lowest BCUT2D eigenvalue weighted by Crippen LogP contribution is -2.34. The van der Waals surface area contributed by atoms with Gasteiger partial charge in [0, 0.05) is 6.54 Å². The Bertz CT molecular complexity index is 673. The quantitative estimate of drug-likeness (QED) is 0.818. The molecule has 2 N–H and O–H groups in total. The van der Waals surface area contributed by atoms with Crippen molar-refractivity contribution in [2.45, 2.75) is 13.0 Å². The lowest BCUT2D eigenvalue weighted by atomic mass is 9.99. The standard InChI is InChI=1S/C18H18FNO4/c19-16-8-6-13(7-9-16)10-15(17(21)22)11-20-18(23)24-12-14-4-2-1-3-5-14/h1-9,15H,10-12H2,(H,20,23)(H,21,22)/t15-/m1/s1. The second kappa shape index (κ2) is 8.67. The first kappa shape index (κ1) is 17.5. The van der Waals surface area contributed by atoms with Gasteiger partial charge in [0.2, 0.25) is 0 Å². The molecule has 0 heterocycles. The van der Waals surface area contributed by atoms with Gasteiger partial charge in [0.1, 0.15) is 12.4 Å². The van der Waals surface area contributed by atoms with Crippen molar-refractivity contribution in [1.29, 1.82) is 0 Å². The molecule has 2 rings (SSSR count). The second-order valence-corrected chi connectivity index (χ2v) is 5.31. The molecule has 0 bridgehead atoms. The van der Waals surface area contributed by atoms with E-state index in [4.69, 9.17) is 4.74 Å². The number of halogens is 1. The molecule has 0 spiro atoms. The highest BCUT2D eigenvalue weighted by molar-refractivity contribution is 5.72. The summed E-state index contributed by atoms with van der Waals surface area (Å²) < 4.78 is 17.9. The Morgan fingerprint density at radius 3 is 2.33 bits per heavy atom. The van der Waals surface area contributed by atoms with Crippen molar-refractivity contribution in [3.8, 4) is 0 Å². The van der Waals surface area contributed by atoms with Crippen LogP contribution in [0.25, 0.3) is 0 Å². The molecule has 24 heavy (non-hydrogen) atoms. The zero-order chi connectivity index (χ0) is 17.4. The Morgan fingerprint density at radius 2 is 1.71 bits per heavy atom. The minimum atomic E-state index is -1.04. The Kier molecular flexibility index (Phi) is 6.31. The van der Waals surface area contributed by atoms with Crippen molar-refractivity contribution in [3.63, 3.8) is 0 Å². The van der Waals surface area contributed by atoms with E-state index in [9.17, 15) is 19.1 Å². The first-order valence-corrected chi connectivity index (χ1v) is 7.46. The van der Waals surface area contributed by atoms with Crippen LogP contribution in [0.5, 0.6) is 0 Å². The van der Waals surface area contributed by atoms with Gasteiger partial charge in [-0.25, -0.2) is 9.18 Å². The molecular formula is C18H18FNO4. The van der Waals surface area contributed by atoms with Crippen LogP contribution in [0.1, 0.15) is 11.1 Å². The van der Waals surface area contributed by atoms with E-state index in [0.717, 1.165) is 5.56 Å². The normalized spacial score (nSPS) is 11.5. The fraction of sp³-hybridized carbons (Fsp3) is 0.222. The molecule has 0 saturated carbocycles. The molecule has 0 aliphatic rings. The van der Waals surface area contributed by atoms with Crippen LogP contribution in [0.4, 0.5) is 9.18 Å². The van der Waals surface area contributed by atoms with Crippen LogP contribution in [0, 0.1) is 11.7 Å². The van der Waals surface area contributed by atoms with Gasteiger partial charge in [-0.15, -0.1) is 0 Å². The summed E-state index contributed by atoms with van der Waals surface area (Å²) >= 11 is 0. The van der Waals surface area contributed by atoms with Crippen LogP contribution < -0.4 is 5.32 Å². The molecule has 0 aliphatic heterocycles. The molecule has 0 aromatic heterocycles. The van der Waals surface area contributed by atoms with Crippen molar-refractivity contribution in [2.75, 3.05) is 6.54 Å². The summed E-state index contributed by atoms with van der Waals surface area (Å²) in [6.07, 6.45) is -0.488. The van der Waals surface area contributed by atoms with Crippen LogP contribution >= 0.6 is 0 Å². The van der Waals surface area contributed by atoms with Gasteiger partial charge in [-0.3, -0.25) is 4.79 Å². The predicted molar refractivity (Wildman–Crippen MR) is 85.9 cm³/mol. The van der Waals surface area contributed by atoms with E-state index in [1.807, 2.05) is 30.3 Å². The number of carboxylic acid groups (broad SMARTS) is 1. The third-order valence-corrected chi connectivity index (χ3v) is 3.45. The Hall–Kier alpha value is -2.89. The number of nitrogens with one attached hydrogen (secondary N) is 1. The average molecular weight is 331 g/mol. The molecule has 2 aromatic carbocycles. The highest BCUT2D eigenvalue weighted by Gasteiger charge is 2.19. The van der Waals surface area contributed by atoms with Crippen molar-refractivity contribution in [1.82, 2.24) is 5.32 Å². The van der Waals surface area contributed by atoms with Gasteiger partial charge in [0.25, 0.3) is 0 Å². The molecule has 0 unspecified atom stereocenters. The minimum Gasteiger partial charge on any atom is -0.481 e. The topological polar surface area (TPSA) is 75.6 Å². The van der Waals surface area contributed by atoms with Gasteiger partial charge in [-0.05, 0) is 29.7 Å². The smallest absolute Gasteiger partial charge is 0.407 e. The van der Waals surface area contributed by atoms with Crippen molar-refractivity contribution in [3.05, 3.63) is 71.5 Å². The zero-order valence-electron chi connectivity index (χ0n) is 12.9. The lowest BCUT2D eigenvalue weighted by Gasteiger charge is -2.14. The number of benzene rings is 2. The van der Waals surface area contributed by atoms with Crippen molar-refractivity contribution >= 4 is 12.1 Å². The van der Waals surface area contributed by atoms with E-state index in [1.165, 1.54) is 24.3 Å². The Balaban J connectivity index is 1.81. The number of carbonyl (C=O) groups excluding carboxylic acids is 1. The van der Waals surface area contributed by atoms with Gasteiger partial charge in [0.05, 0.1) is 5.92 Å². The predicted octanol–water partition coefficient (Wildman–Crippen LogP) is 3.00. The molecule has 126 valence electrons. The van der Waals surface area contributed by atoms with E-state index >= 15 is 0 Å². The number of hydrogen-bond donors (Lipinski definition) is 2. The van der Waals surface area contributed by atoms with Crippen LogP contribution in [0.2, 0.25) is 0 Å². The van der Waals surface area contributed by atoms with E-state index in [-0.39, 0.29) is 25.4 Å².